The predicted molar refractivity (Wildman–Crippen MR) is 126 cm³/mol. The first-order chi connectivity index (χ1) is 13.0. The smallest absolute Gasteiger partial charge is 0.0155 e. The zero-order chi connectivity index (χ0) is 19.0. The molecule has 1 aromatic carbocycles. The van der Waals surface area contributed by atoms with Gasteiger partial charge in [-0.05, 0) is 99.1 Å². The predicted octanol–water partition coefficient (Wildman–Crippen LogP) is 7.30. The van der Waals surface area contributed by atoms with Gasteiger partial charge in [0.05, 0.1) is 0 Å². The lowest BCUT2D eigenvalue weighted by Crippen LogP contribution is -2.16. The third kappa shape index (κ3) is 3.32. The summed E-state index contributed by atoms with van der Waals surface area (Å²) >= 11 is 2.36. The molecular weight excluding hydrogens is 439 g/mol. The Labute approximate surface area is 176 Å². The minimum Gasteiger partial charge on any atom is -0.115 e. The van der Waals surface area contributed by atoms with Crippen LogP contribution in [0.4, 0.5) is 0 Å². The summed E-state index contributed by atoms with van der Waals surface area (Å²) < 4.78 is 1.29. The van der Waals surface area contributed by atoms with Crippen molar-refractivity contribution in [3.8, 4) is 12.3 Å². The molecule has 0 aromatic heterocycles. The average molecular weight is 462 g/mol. The molecule has 0 fully saturated rings. The second kappa shape index (κ2) is 7.17. The molecule has 134 valence electrons. The number of hydrogen-bond acceptors (Lipinski definition) is 0. The number of terminal acetylenes is 1. The summed E-state index contributed by atoms with van der Waals surface area (Å²) in [7, 11) is 0. The lowest BCUT2D eigenvalue weighted by molar-refractivity contribution is 0.651. The molecule has 0 spiro atoms. The molecule has 0 unspecified atom stereocenters. The number of rotatable bonds is 2. The van der Waals surface area contributed by atoms with Gasteiger partial charge in [-0.2, -0.15) is 0 Å². The fourth-order valence-corrected chi connectivity index (χ4v) is 4.72. The summed E-state index contributed by atoms with van der Waals surface area (Å²) in [5.41, 5.74) is 9.51. The first-order valence-electron chi connectivity index (χ1n) is 9.47. The lowest BCUT2D eigenvalue weighted by Gasteiger charge is -2.24. The van der Waals surface area contributed by atoms with Crippen molar-refractivity contribution < 1.29 is 0 Å². The molecule has 0 aliphatic heterocycles. The van der Waals surface area contributed by atoms with Crippen molar-refractivity contribution in [1.82, 2.24) is 0 Å². The zero-order valence-electron chi connectivity index (χ0n) is 15.9. The van der Waals surface area contributed by atoms with Gasteiger partial charge in [0, 0.05) is 8.99 Å². The van der Waals surface area contributed by atoms with Gasteiger partial charge in [-0.1, -0.05) is 62.3 Å². The van der Waals surface area contributed by atoms with Gasteiger partial charge in [0.2, 0.25) is 0 Å². The molecule has 0 nitrogen and oxygen atoms in total. The van der Waals surface area contributed by atoms with E-state index in [2.05, 4.69) is 97.0 Å². The molecule has 0 saturated heterocycles. The van der Waals surface area contributed by atoms with Crippen molar-refractivity contribution in [2.24, 2.45) is 0 Å². The Balaban J connectivity index is 1.75. The van der Waals surface area contributed by atoms with Crippen molar-refractivity contribution in [1.29, 1.82) is 0 Å². The normalized spacial score (nSPS) is 21.8. The van der Waals surface area contributed by atoms with E-state index in [9.17, 15) is 0 Å². The van der Waals surface area contributed by atoms with Crippen molar-refractivity contribution >= 4 is 33.7 Å². The molecule has 0 N–H and O–H groups in total. The molecule has 3 aliphatic rings. The highest BCUT2D eigenvalue weighted by Gasteiger charge is 2.37. The molecule has 0 saturated carbocycles. The SMILES string of the molecule is C#C/C=C(\C=C1\C=CC(I)=CC1)c1ccc2c(c1)C(C)(C)C1=C2CCC=C1. The van der Waals surface area contributed by atoms with Crippen LogP contribution in [0.25, 0.3) is 11.1 Å². The van der Waals surface area contributed by atoms with Gasteiger partial charge in [0.1, 0.15) is 0 Å². The molecule has 27 heavy (non-hydrogen) atoms. The number of fused-ring (bicyclic) bond motifs is 2. The Bertz CT molecular complexity index is 1030. The summed E-state index contributed by atoms with van der Waals surface area (Å²) in [5.74, 6) is 2.73. The Kier molecular flexibility index (Phi) is 4.86. The summed E-state index contributed by atoms with van der Waals surface area (Å²) in [6.45, 7) is 4.68. The second-order valence-electron chi connectivity index (χ2n) is 7.83. The number of halogens is 1. The van der Waals surface area contributed by atoms with E-state index < -0.39 is 0 Å². The van der Waals surface area contributed by atoms with Crippen LogP contribution in [0.5, 0.6) is 0 Å². The molecule has 0 heterocycles. The van der Waals surface area contributed by atoms with Crippen LogP contribution in [0.2, 0.25) is 0 Å². The van der Waals surface area contributed by atoms with Crippen molar-refractivity contribution in [3.63, 3.8) is 0 Å². The molecular formula is C26H23I. The highest BCUT2D eigenvalue weighted by atomic mass is 127. The van der Waals surface area contributed by atoms with E-state index in [0.717, 1.165) is 24.8 Å². The number of hydrogen-bond donors (Lipinski definition) is 0. The summed E-state index contributed by atoms with van der Waals surface area (Å²) in [5, 5.41) is 0. The quantitative estimate of drug-likeness (QED) is 0.320. The highest BCUT2D eigenvalue weighted by Crippen LogP contribution is 2.50. The Morgan fingerprint density at radius 3 is 2.81 bits per heavy atom. The van der Waals surface area contributed by atoms with Gasteiger partial charge in [0.25, 0.3) is 0 Å². The maximum atomic E-state index is 5.65. The standard InChI is InChI=1S/C26H23I/c1-4-7-19(16-18-10-13-21(27)14-11-18)20-12-15-23-22-8-5-6-9-24(22)26(2,3)25(23)17-20/h1,6-7,9-10,12-17H,5,8,11H2,2-3H3/b18-16-,19-7+. The van der Waals surface area contributed by atoms with Crippen molar-refractivity contribution in [3.05, 3.63) is 92.1 Å². The Morgan fingerprint density at radius 2 is 2.07 bits per heavy atom. The van der Waals surface area contributed by atoms with Crippen LogP contribution >= 0.6 is 22.6 Å². The van der Waals surface area contributed by atoms with Crippen LogP contribution in [-0.4, -0.2) is 0 Å². The first kappa shape index (κ1) is 18.3. The molecule has 0 amide bonds. The van der Waals surface area contributed by atoms with E-state index in [-0.39, 0.29) is 5.41 Å². The summed E-state index contributed by atoms with van der Waals surface area (Å²) in [6, 6.07) is 6.89. The summed E-state index contributed by atoms with van der Waals surface area (Å²) in [4.78, 5) is 0. The summed E-state index contributed by atoms with van der Waals surface area (Å²) in [6.07, 6.45) is 24.2. The van der Waals surface area contributed by atoms with Crippen LogP contribution in [-0.2, 0) is 5.41 Å². The van der Waals surface area contributed by atoms with E-state index in [1.54, 1.807) is 0 Å². The fraction of sp³-hybridized carbons (Fsp3) is 0.231. The van der Waals surface area contributed by atoms with Crippen LogP contribution < -0.4 is 0 Å². The van der Waals surface area contributed by atoms with E-state index in [1.165, 1.54) is 37.0 Å². The number of benzene rings is 1. The molecule has 0 bridgehead atoms. The lowest BCUT2D eigenvalue weighted by atomic mass is 9.79. The van der Waals surface area contributed by atoms with Crippen LogP contribution in [0.15, 0.2) is 75.5 Å². The Hall–Kier alpha value is -2.05. The Morgan fingerprint density at radius 1 is 1.22 bits per heavy atom. The monoisotopic (exact) mass is 462 g/mol. The largest absolute Gasteiger partial charge is 0.115 e. The molecule has 0 atom stereocenters. The fourth-order valence-electron chi connectivity index (χ4n) is 4.32. The molecule has 4 rings (SSSR count). The van der Waals surface area contributed by atoms with Gasteiger partial charge in [-0.25, -0.2) is 0 Å². The molecule has 0 radical (unpaired) electrons. The van der Waals surface area contributed by atoms with Crippen LogP contribution in [0.1, 0.15) is 49.8 Å². The number of allylic oxidation sites excluding steroid dienone is 12. The highest BCUT2D eigenvalue weighted by molar-refractivity contribution is 14.1. The maximum absolute atomic E-state index is 5.65. The van der Waals surface area contributed by atoms with Gasteiger partial charge in [-0.15, -0.1) is 6.42 Å². The average Bonchev–Trinajstić information content (AvgIpc) is 2.91. The van der Waals surface area contributed by atoms with E-state index in [1.807, 2.05) is 6.08 Å². The van der Waals surface area contributed by atoms with Crippen LogP contribution in [0, 0.1) is 12.3 Å². The van der Waals surface area contributed by atoms with Gasteiger partial charge >= 0.3 is 0 Å². The minimum atomic E-state index is 0.0512. The second-order valence-corrected chi connectivity index (χ2v) is 9.08. The third-order valence-electron chi connectivity index (χ3n) is 5.76. The topological polar surface area (TPSA) is 0 Å². The van der Waals surface area contributed by atoms with E-state index in [0.29, 0.717) is 0 Å². The minimum absolute atomic E-state index is 0.0512. The maximum Gasteiger partial charge on any atom is 0.0155 e. The van der Waals surface area contributed by atoms with Crippen molar-refractivity contribution in [2.75, 3.05) is 0 Å². The van der Waals surface area contributed by atoms with Gasteiger partial charge < -0.3 is 0 Å². The van der Waals surface area contributed by atoms with Gasteiger partial charge in [-0.3, -0.25) is 0 Å². The van der Waals surface area contributed by atoms with E-state index >= 15 is 0 Å². The van der Waals surface area contributed by atoms with Gasteiger partial charge in [0.15, 0.2) is 0 Å². The zero-order valence-corrected chi connectivity index (χ0v) is 18.0. The molecule has 1 aromatic rings. The molecule has 3 aliphatic carbocycles. The van der Waals surface area contributed by atoms with Crippen LogP contribution in [0.3, 0.4) is 0 Å². The molecule has 1 heteroatoms. The first-order valence-corrected chi connectivity index (χ1v) is 10.5. The van der Waals surface area contributed by atoms with Crippen molar-refractivity contribution in [2.45, 2.75) is 38.5 Å². The van der Waals surface area contributed by atoms with E-state index in [4.69, 9.17) is 6.42 Å². The third-order valence-corrected chi connectivity index (χ3v) is 6.56.